The summed E-state index contributed by atoms with van der Waals surface area (Å²) in [7, 11) is 0. The Labute approximate surface area is 129 Å². The Balaban J connectivity index is 1.88. The fraction of sp³-hybridized carbons (Fsp3) is 0.333. The average molecular weight is 325 g/mol. The van der Waals surface area contributed by atoms with Gasteiger partial charge in [-0.3, -0.25) is 9.69 Å². The molecule has 122 valence electrons. The lowest BCUT2D eigenvalue weighted by Crippen LogP contribution is -2.37. The van der Waals surface area contributed by atoms with Crippen LogP contribution in [-0.2, 0) is 23.9 Å². The van der Waals surface area contributed by atoms with E-state index in [-0.39, 0.29) is 6.54 Å². The number of aromatic nitrogens is 1. The molecule has 0 bridgehead atoms. The Bertz CT molecular complexity index is 723. The number of nitrogens with zero attached hydrogens (tertiary/aromatic N) is 2. The van der Waals surface area contributed by atoms with E-state index < -0.39 is 17.6 Å². The molecule has 23 heavy (non-hydrogen) atoms. The van der Waals surface area contributed by atoms with Gasteiger partial charge in [0.05, 0.1) is 12.1 Å². The van der Waals surface area contributed by atoms with Crippen molar-refractivity contribution in [2.75, 3.05) is 13.1 Å². The second-order valence-electron chi connectivity index (χ2n) is 5.43. The molecule has 0 saturated carbocycles. The quantitative estimate of drug-likeness (QED) is 0.939. The zero-order valence-corrected chi connectivity index (χ0v) is 12.1. The molecule has 5 nitrogen and oxygen atoms in total. The van der Waals surface area contributed by atoms with Gasteiger partial charge in [0.15, 0.2) is 0 Å². The molecule has 0 radical (unpaired) electrons. The van der Waals surface area contributed by atoms with Gasteiger partial charge in [-0.1, -0.05) is 17.3 Å². The summed E-state index contributed by atoms with van der Waals surface area (Å²) in [5.41, 5.74) is 6.32. The summed E-state index contributed by atoms with van der Waals surface area (Å²) in [5, 5.41) is 3.97. The molecule has 1 aliphatic heterocycles. The van der Waals surface area contributed by atoms with Gasteiger partial charge >= 0.3 is 6.18 Å². The van der Waals surface area contributed by atoms with Crippen LogP contribution >= 0.6 is 0 Å². The summed E-state index contributed by atoms with van der Waals surface area (Å²) < 4.78 is 43.1. The average Bonchev–Trinajstić information content (AvgIpc) is 2.89. The maximum atomic E-state index is 12.6. The fourth-order valence-electron chi connectivity index (χ4n) is 2.66. The third kappa shape index (κ3) is 3.21. The maximum Gasteiger partial charge on any atom is 0.416 e. The van der Waals surface area contributed by atoms with Crippen LogP contribution in [0.2, 0.25) is 0 Å². The Hall–Kier alpha value is -2.35. The molecule has 0 aliphatic carbocycles. The van der Waals surface area contributed by atoms with Gasteiger partial charge in [-0.25, -0.2) is 0 Å². The molecular weight excluding hydrogens is 311 g/mol. The maximum absolute atomic E-state index is 12.6. The molecule has 0 unspecified atom stereocenters. The number of halogens is 3. The van der Waals surface area contributed by atoms with E-state index in [1.165, 1.54) is 12.1 Å². The number of hydrogen-bond donors (Lipinski definition) is 1. The van der Waals surface area contributed by atoms with Crippen molar-refractivity contribution < 1.29 is 22.5 Å². The van der Waals surface area contributed by atoms with Crippen LogP contribution in [0.1, 0.15) is 16.9 Å². The minimum atomic E-state index is -4.37. The number of alkyl halides is 3. The van der Waals surface area contributed by atoms with Crippen LogP contribution in [0.5, 0.6) is 0 Å². The molecule has 2 aromatic rings. The Morgan fingerprint density at radius 1 is 1.30 bits per heavy atom. The first-order valence-corrected chi connectivity index (χ1v) is 7.00. The Morgan fingerprint density at radius 3 is 2.61 bits per heavy atom. The standard InChI is InChI=1S/C15H14F3N3O2/c16-15(17,18)10-3-1-9(2-4-10)14-11-7-21(8-13(19)22)6-5-12(11)23-20-14/h1-4H,5-8H2,(H2,19,22). The predicted molar refractivity (Wildman–Crippen MR) is 75.1 cm³/mol. The van der Waals surface area contributed by atoms with Crippen molar-refractivity contribution in [2.24, 2.45) is 5.73 Å². The van der Waals surface area contributed by atoms with E-state index in [1.54, 1.807) is 0 Å². The minimum Gasteiger partial charge on any atom is -0.369 e. The monoisotopic (exact) mass is 325 g/mol. The van der Waals surface area contributed by atoms with E-state index in [1.807, 2.05) is 4.90 Å². The first kappa shape index (κ1) is 15.5. The number of nitrogens with two attached hydrogens (primary N) is 1. The molecule has 2 N–H and O–H groups in total. The number of carbonyl (C=O) groups is 1. The van der Waals surface area contributed by atoms with Crippen LogP contribution < -0.4 is 5.73 Å². The van der Waals surface area contributed by atoms with E-state index in [2.05, 4.69) is 5.16 Å². The third-order valence-electron chi connectivity index (χ3n) is 3.77. The van der Waals surface area contributed by atoms with Crippen molar-refractivity contribution in [3.63, 3.8) is 0 Å². The molecule has 0 spiro atoms. The third-order valence-corrected chi connectivity index (χ3v) is 3.77. The van der Waals surface area contributed by atoms with Crippen LogP contribution in [0.3, 0.4) is 0 Å². The SMILES string of the molecule is NC(=O)CN1CCc2onc(-c3ccc(C(F)(F)F)cc3)c2C1. The molecule has 2 heterocycles. The summed E-state index contributed by atoms with van der Waals surface area (Å²) in [6.45, 7) is 1.17. The summed E-state index contributed by atoms with van der Waals surface area (Å²) >= 11 is 0. The van der Waals surface area contributed by atoms with Gasteiger partial charge in [0.25, 0.3) is 0 Å². The predicted octanol–water partition coefficient (Wildman–Crippen LogP) is 2.20. The number of rotatable bonds is 3. The number of amides is 1. The first-order chi connectivity index (χ1) is 10.8. The van der Waals surface area contributed by atoms with Crippen molar-refractivity contribution in [3.05, 3.63) is 41.2 Å². The molecule has 8 heteroatoms. The molecule has 0 saturated heterocycles. The van der Waals surface area contributed by atoms with Gasteiger partial charge in [-0.2, -0.15) is 13.2 Å². The second kappa shape index (κ2) is 5.69. The topological polar surface area (TPSA) is 72.4 Å². The molecule has 0 fully saturated rings. The van der Waals surface area contributed by atoms with Crippen molar-refractivity contribution >= 4 is 5.91 Å². The Kier molecular flexibility index (Phi) is 3.85. The number of benzene rings is 1. The van der Waals surface area contributed by atoms with Crippen LogP contribution in [0.4, 0.5) is 13.2 Å². The van der Waals surface area contributed by atoms with Gasteiger partial charge in [-0.05, 0) is 12.1 Å². The number of carbonyl (C=O) groups excluding carboxylic acids is 1. The van der Waals surface area contributed by atoms with Crippen LogP contribution in [0.25, 0.3) is 11.3 Å². The van der Waals surface area contributed by atoms with E-state index >= 15 is 0 Å². The lowest BCUT2D eigenvalue weighted by Gasteiger charge is -2.24. The van der Waals surface area contributed by atoms with Gasteiger partial charge < -0.3 is 10.3 Å². The highest BCUT2D eigenvalue weighted by atomic mass is 19.4. The van der Waals surface area contributed by atoms with E-state index in [9.17, 15) is 18.0 Å². The van der Waals surface area contributed by atoms with E-state index in [0.29, 0.717) is 36.5 Å². The van der Waals surface area contributed by atoms with Crippen molar-refractivity contribution in [3.8, 4) is 11.3 Å². The lowest BCUT2D eigenvalue weighted by molar-refractivity contribution is -0.137. The fourth-order valence-corrected chi connectivity index (χ4v) is 2.66. The van der Waals surface area contributed by atoms with Crippen molar-refractivity contribution in [1.82, 2.24) is 10.1 Å². The highest BCUT2D eigenvalue weighted by molar-refractivity contribution is 5.76. The number of hydrogen-bond acceptors (Lipinski definition) is 4. The smallest absolute Gasteiger partial charge is 0.369 e. The van der Waals surface area contributed by atoms with Gasteiger partial charge in [-0.15, -0.1) is 0 Å². The summed E-state index contributed by atoms with van der Waals surface area (Å²) in [6, 6.07) is 4.77. The molecule has 3 rings (SSSR count). The summed E-state index contributed by atoms with van der Waals surface area (Å²) in [5.74, 6) is 0.265. The van der Waals surface area contributed by atoms with E-state index in [0.717, 1.165) is 17.7 Å². The molecule has 0 atom stereocenters. The summed E-state index contributed by atoms with van der Waals surface area (Å²) in [6.07, 6.45) is -3.80. The number of fused-ring (bicyclic) bond motifs is 1. The van der Waals surface area contributed by atoms with Gasteiger partial charge in [0.2, 0.25) is 5.91 Å². The molecule has 1 aromatic carbocycles. The van der Waals surface area contributed by atoms with Crippen LogP contribution in [0.15, 0.2) is 28.8 Å². The van der Waals surface area contributed by atoms with Crippen LogP contribution in [0, 0.1) is 0 Å². The highest BCUT2D eigenvalue weighted by Gasteiger charge is 2.31. The zero-order valence-electron chi connectivity index (χ0n) is 12.1. The van der Waals surface area contributed by atoms with Crippen molar-refractivity contribution in [2.45, 2.75) is 19.1 Å². The van der Waals surface area contributed by atoms with E-state index in [4.69, 9.17) is 10.3 Å². The Morgan fingerprint density at radius 2 is 2.00 bits per heavy atom. The lowest BCUT2D eigenvalue weighted by atomic mass is 10.0. The molecule has 1 amide bonds. The highest BCUT2D eigenvalue weighted by Crippen LogP contribution is 2.33. The minimum absolute atomic E-state index is 0.122. The summed E-state index contributed by atoms with van der Waals surface area (Å²) in [4.78, 5) is 12.9. The second-order valence-corrected chi connectivity index (χ2v) is 5.43. The zero-order chi connectivity index (χ0) is 16.6. The largest absolute Gasteiger partial charge is 0.416 e. The van der Waals surface area contributed by atoms with Gasteiger partial charge in [0.1, 0.15) is 11.5 Å². The normalized spacial score (nSPS) is 15.4. The molecular formula is C15H14F3N3O2. The van der Waals surface area contributed by atoms with Gasteiger partial charge in [0, 0.05) is 30.6 Å². The van der Waals surface area contributed by atoms with Crippen molar-refractivity contribution in [1.29, 1.82) is 0 Å². The number of primary amides is 1. The molecule has 1 aliphatic rings. The molecule has 1 aromatic heterocycles. The van der Waals surface area contributed by atoms with Crippen LogP contribution in [-0.4, -0.2) is 29.1 Å². The first-order valence-electron chi connectivity index (χ1n) is 7.00.